The van der Waals surface area contributed by atoms with Gasteiger partial charge in [-0.15, -0.1) is 0 Å². The average molecular weight is 247 g/mol. The smallest absolute Gasteiger partial charge is 0.338 e. The summed E-state index contributed by atoms with van der Waals surface area (Å²) in [6, 6.07) is 7.31. The lowest BCUT2D eigenvalue weighted by Gasteiger charge is -2.06. The zero-order valence-electron chi connectivity index (χ0n) is 9.34. The first kappa shape index (κ1) is 12.0. The van der Waals surface area contributed by atoms with E-state index in [4.69, 9.17) is 9.84 Å². The number of halogens is 1. The highest BCUT2D eigenvalue weighted by atomic mass is 19.1. The first-order valence-corrected chi connectivity index (χ1v) is 5.21. The number of pyridine rings is 1. The van der Waals surface area contributed by atoms with E-state index < -0.39 is 11.8 Å². The van der Waals surface area contributed by atoms with E-state index in [-0.39, 0.29) is 12.2 Å². The molecule has 0 bridgehead atoms. The molecule has 2 aromatic rings. The summed E-state index contributed by atoms with van der Waals surface area (Å²) in [6.45, 7) is 0.159. The molecular weight excluding hydrogens is 237 g/mol. The first-order valence-electron chi connectivity index (χ1n) is 5.21. The van der Waals surface area contributed by atoms with Crippen molar-refractivity contribution in [2.24, 2.45) is 0 Å². The number of hydrogen-bond acceptors (Lipinski definition) is 3. The Bertz CT molecular complexity index is 557. The summed E-state index contributed by atoms with van der Waals surface area (Å²) in [4.78, 5) is 14.6. The quantitative estimate of drug-likeness (QED) is 0.901. The summed E-state index contributed by atoms with van der Waals surface area (Å²) in [7, 11) is 0. The molecule has 0 fully saturated rings. The zero-order valence-corrected chi connectivity index (χ0v) is 9.34. The third-order valence-corrected chi connectivity index (χ3v) is 2.30. The molecule has 0 aliphatic carbocycles. The van der Waals surface area contributed by atoms with Gasteiger partial charge < -0.3 is 9.84 Å². The second-order valence-electron chi connectivity index (χ2n) is 3.60. The van der Waals surface area contributed by atoms with Crippen molar-refractivity contribution in [2.75, 3.05) is 0 Å². The van der Waals surface area contributed by atoms with Gasteiger partial charge in [-0.2, -0.15) is 0 Å². The van der Waals surface area contributed by atoms with Crippen molar-refractivity contribution in [3.8, 4) is 5.75 Å². The maximum absolute atomic E-state index is 13.2. The van der Waals surface area contributed by atoms with Crippen LogP contribution >= 0.6 is 0 Å². The van der Waals surface area contributed by atoms with Crippen molar-refractivity contribution in [3.63, 3.8) is 0 Å². The molecule has 0 spiro atoms. The van der Waals surface area contributed by atoms with Crippen LogP contribution in [-0.4, -0.2) is 16.1 Å². The first-order chi connectivity index (χ1) is 8.66. The molecule has 1 N–H and O–H groups in total. The van der Waals surface area contributed by atoms with Crippen molar-refractivity contribution < 1.29 is 19.0 Å². The van der Waals surface area contributed by atoms with Crippen LogP contribution in [-0.2, 0) is 6.61 Å². The van der Waals surface area contributed by atoms with Gasteiger partial charge in [0.25, 0.3) is 0 Å². The Morgan fingerprint density at radius 2 is 2.22 bits per heavy atom. The van der Waals surface area contributed by atoms with E-state index in [1.54, 1.807) is 24.5 Å². The normalized spacial score (nSPS) is 10.1. The molecule has 0 saturated carbocycles. The van der Waals surface area contributed by atoms with Gasteiger partial charge in [0, 0.05) is 6.20 Å². The fourth-order valence-corrected chi connectivity index (χ4v) is 1.43. The molecule has 0 radical (unpaired) electrons. The molecule has 1 heterocycles. The minimum absolute atomic E-state index is 0.159. The molecule has 1 aromatic heterocycles. The van der Waals surface area contributed by atoms with E-state index in [1.807, 2.05) is 0 Å². The van der Waals surface area contributed by atoms with Crippen LogP contribution in [0.1, 0.15) is 15.9 Å². The van der Waals surface area contributed by atoms with Crippen LogP contribution < -0.4 is 4.74 Å². The number of aromatic carboxylic acids is 1. The van der Waals surface area contributed by atoms with Gasteiger partial charge in [0.15, 0.2) is 0 Å². The van der Waals surface area contributed by atoms with E-state index >= 15 is 0 Å². The fourth-order valence-electron chi connectivity index (χ4n) is 1.43. The van der Waals surface area contributed by atoms with E-state index in [0.717, 1.165) is 6.07 Å². The zero-order chi connectivity index (χ0) is 13.0. The highest BCUT2D eigenvalue weighted by Gasteiger charge is 2.10. The van der Waals surface area contributed by atoms with Crippen LogP contribution in [0.5, 0.6) is 5.75 Å². The Labute approximate surface area is 103 Å². The number of carboxylic acid groups (broad SMARTS) is 1. The topological polar surface area (TPSA) is 59.4 Å². The highest BCUT2D eigenvalue weighted by Crippen LogP contribution is 2.14. The molecule has 5 heteroatoms. The highest BCUT2D eigenvalue weighted by molar-refractivity contribution is 5.88. The largest absolute Gasteiger partial charge is 0.487 e. The lowest BCUT2D eigenvalue weighted by Crippen LogP contribution is -2.03. The number of carbonyl (C=O) groups is 1. The van der Waals surface area contributed by atoms with Gasteiger partial charge in [-0.3, -0.25) is 4.98 Å². The standard InChI is InChI=1S/C13H10FNO3/c14-12-4-3-9(6-11(12)13(16)17)8-18-10-2-1-5-15-7-10/h1-7H,8H2,(H,16,17). The summed E-state index contributed by atoms with van der Waals surface area (Å²) < 4.78 is 18.5. The molecule has 0 aliphatic rings. The number of hydrogen-bond donors (Lipinski definition) is 1. The Hall–Kier alpha value is -2.43. The number of ether oxygens (including phenoxy) is 1. The predicted octanol–water partition coefficient (Wildman–Crippen LogP) is 2.50. The third kappa shape index (κ3) is 2.82. The van der Waals surface area contributed by atoms with Gasteiger partial charge in [0.2, 0.25) is 0 Å². The maximum Gasteiger partial charge on any atom is 0.338 e. The molecule has 0 aliphatic heterocycles. The van der Waals surface area contributed by atoms with Crippen LogP contribution in [0.4, 0.5) is 4.39 Å². The lowest BCUT2D eigenvalue weighted by atomic mass is 10.1. The van der Waals surface area contributed by atoms with Gasteiger partial charge in [-0.1, -0.05) is 6.07 Å². The van der Waals surface area contributed by atoms with Gasteiger partial charge in [-0.05, 0) is 29.8 Å². The SMILES string of the molecule is O=C(O)c1cc(COc2cccnc2)ccc1F. The Morgan fingerprint density at radius 1 is 1.39 bits per heavy atom. The van der Waals surface area contributed by atoms with E-state index in [1.165, 1.54) is 12.1 Å². The number of benzene rings is 1. The Kier molecular flexibility index (Phi) is 3.52. The van der Waals surface area contributed by atoms with Crippen molar-refractivity contribution >= 4 is 5.97 Å². The summed E-state index contributed by atoms with van der Waals surface area (Å²) in [5.74, 6) is -1.48. The van der Waals surface area contributed by atoms with Gasteiger partial charge in [0.05, 0.1) is 11.8 Å². The van der Waals surface area contributed by atoms with Crippen LogP contribution in [0.15, 0.2) is 42.7 Å². The van der Waals surface area contributed by atoms with Gasteiger partial charge in [0.1, 0.15) is 18.2 Å². The maximum atomic E-state index is 13.2. The Morgan fingerprint density at radius 3 is 2.89 bits per heavy atom. The minimum Gasteiger partial charge on any atom is -0.487 e. The molecule has 0 amide bonds. The summed E-state index contributed by atoms with van der Waals surface area (Å²) in [5, 5.41) is 8.78. The molecule has 0 unspecified atom stereocenters. The molecule has 1 aromatic carbocycles. The number of rotatable bonds is 4. The van der Waals surface area contributed by atoms with Crippen LogP contribution in [0.25, 0.3) is 0 Å². The predicted molar refractivity (Wildman–Crippen MR) is 61.9 cm³/mol. The van der Waals surface area contributed by atoms with Crippen LogP contribution in [0.3, 0.4) is 0 Å². The molecule has 2 rings (SSSR count). The van der Waals surface area contributed by atoms with E-state index in [0.29, 0.717) is 11.3 Å². The van der Waals surface area contributed by atoms with Crippen LogP contribution in [0.2, 0.25) is 0 Å². The van der Waals surface area contributed by atoms with Crippen molar-refractivity contribution in [1.29, 1.82) is 0 Å². The van der Waals surface area contributed by atoms with Crippen molar-refractivity contribution in [3.05, 3.63) is 59.7 Å². The third-order valence-electron chi connectivity index (χ3n) is 2.30. The van der Waals surface area contributed by atoms with E-state index in [2.05, 4.69) is 4.98 Å². The lowest BCUT2D eigenvalue weighted by molar-refractivity contribution is 0.0691. The summed E-state index contributed by atoms with van der Waals surface area (Å²) in [6.07, 6.45) is 3.16. The summed E-state index contributed by atoms with van der Waals surface area (Å²) in [5.41, 5.74) is 0.222. The molecule has 18 heavy (non-hydrogen) atoms. The van der Waals surface area contributed by atoms with E-state index in [9.17, 15) is 9.18 Å². The second-order valence-corrected chi connectivity index (χ2v) is 3.60. The minimum atomic E-state index is -1.30. The van der Waals surface area contributed by atoms with Gasteiger partial charge in [-0.25, -0.2) is 9.18 Å². The molecule has 0 atom stereocenters. The van der Waals surface area contributed by atoms with Crippen molar-refractivity contribution in [2.45, 2.75) is 6.61 Å². The molecule has 92 valence electrons. The second kappa shape index (κ2) is 5.27. The molecule has 0 saturated heterocycles. The molecular formula is C13H10FNO3. The van der Waals surface area contributed by atoms with Gasteiger partial charge >= 0.3 is 5.97 Å². The number of nitrogens with zero attached hydrogens (tertiary/aromatic N) is 1. The van der Waals surface area contributed by atoms with Crippen LogP contribution in [0, 0.1) is 5.82 Å². The fraction of sp³-hybridized carbons (Fsp3) is 0.0769. The molecule has 4 nitrogen and oxygen atoms in total. The van der Waals surface area contributed by atoms with Crippen molar-refractivity contribution in [1.82, 2.24) is 4.98 Å². The number of aromatic nitrogens is 1. The monoisotopic (exact) mass is 247 g/mol. The Balaban J connectivity index is 2.11. The summed E-state index contributed by atoms with van der Waals surface area (Å²) >= 11 is 0. The average Bonchev–Trinajstić information content (AvgIpc) is 2.38. The number of carboxylic acids is 1.